The van der Waals surface area contributed by atoms with Crippen LogP contribution in [0.5, 0.6) is 5.75 Å². The van der Waals surface area contributed by atoms with Gasteiger partial charge < -0.3 is 9.84 Å². The summed E-state index contributed by atoms with van der Waals surface area (Å²) in [6.45, 7) is 0. The Morgan fingerprint density at radius 2 is 1.69 bits per heavy atom. The molecule has 0 aliphatic carbocycles. The maximum Gasteiger partial charge on any atom is 0.490 e. The van der Waals surface area contributed by atoms with E-state index in [-0.39, 0.29) is 0 Å². The van der Waals surface area contributed by atoms with E-state index in [9.17, 15) is 13.2 Å². The summed E-state index contributed by atoms with van der Waals surface area (Å²) in [5.41, 5.74) is 0. The third kappa shape index (κ3) is 6.49. The van der Waals surface area contributed by atoms with Crippen LogP contribution in [-0.4, -0.2) is 24.4 Å². The topological polar surface area (TPSA) is 46.5 Å². The fourth-order valence-corrected chi connectivity index (χ4v) is 0.930. The highest BCUT2D eigenvalue weighted by molar-refractivity contribution is 14.1. The summed E-state index contributed by atoms with van der Waals surface area (Å²) in [4.78, 5) is 8.90. The maximum atomic E-state index is 10.6. The molecular formula is C9H8F3IO3. The molecule has 3 nitrogen and oxygen atoms in total. The van der Waals surface area contributed by atoms with Crippen LogP contribution in [0.3, 0.4) is 0 Å². The first-order chi connectivity index (χ1) is 7.27. The fraction of sp³-hybridized carbons (Fsp3) is 0.222. The number of alkyl halides is 3. The van der Waals surface area contributed by atoms with Gasteiger partial charge in [-0.05, 0) is 46.9 Å². The van der Waals surface area contributed by atoms with Crippen LogP contribution in [0.25, 0.3) is 0 Å². The van der Waals surface area contributed by atoms with E-state index >= 15 is 0 Å². The number of carboxylic acids is 1. The predicted molar refractivity (Wildman–Crippen MR) is 59.4 cm³/mol. The molecule has 0 amide bonds. The van der Waals surface area contributed by atoms with Gasteiger partial charge in [-0.3, -0.25) is 0 Å². The van der Waals surface area contributed by atoms with E-state index in [4.69, 9.17) is 14.6 Å². The Hall–Kier alpha value is -0.990. The zero-order valence-electron chi connectivity index (χ0n) is 8.08. The van der Waals surface area contributed by atoms with E-state index < -0.39 is 12.1 Å². The van der Waals surface area contributed by atoms with Crippen molar-refractivity contribution in [3.05, 3.63) is 27.8 Å². The lowest BCUT2D eigenvalue weighted by molar-refractivity contribution is -0.192. The second-order valence-corrected chi connectivity index (χ2v) is 3.71. The smallest absolute Gasteiger partial charge is 0.490 e. The number of methoxy groups -OCH3 is 1. The van der Waals surface area contributed by atoms with Crippen LogP contribution < -0.4 is 4.74 Å². The van der Waals surface area contributed by atoms with Crippen LogP contribution in [-0.2, 0) is 4.79 Å². The van der Waals surface area contributed by atoms with E-state index in [0.29, 0.717) is 0 Å². The number of aliphatic carboxylic acids is 1. The van der Waals surface area contributed by atoms with Gasteiger partial charge in [-0.25, -0.2) is 4.79 Å². The Morgan fingerprint density at radius 3 is 1.94 bits per heavy atom. The summed E-state index contributed by atoms with van der Waals surface area (Å²) in [5.74, 6) is -1.84. The van der Waals surface area contributed by atoms with Gasteiger partial charge in [-0.2, -0.15) is 13.2 Å². The van der Waals surface area contributed by atoms with Gasteiger partial charge in [0.25, 0.3) is 0 Å². The highest BCUT2D eigenvalue weighted by Gasteiger charge is 2.38. The zero-order valence-corrected chi connectivity index (χ0v) is 10.2. The summed E-state index contributed by atoms with van der Waals surface area (Å²) >= 11 is 2.26. The second kappa shape index (κ2) is 6.56. The molecule has 0 atom stereocenters. The lowest BCUT2D eigenvalue weighted by atomic mass is 10.3. The summed E-state index contributed by atoms with van der Waals surface area (Å²) in [5, 5.41) is 7.12. The molecule has 0 unspecified atom stereocenters. The third-order valence-electron chi connectivity index (χ3n) is 1.29. The fourth-order valence-electron chi connectivity index (χ4n) is 0.571. The molecule has 0 saturated heterocycles. The van der Waals surface area contributed by atoms with Crippen molar-refractivity contribution in [3.63, 3.8) is 0 Å². The standard InChI is InChI=1S/C7H7IO.C2HF3O2/c1-9-7-4-2-6(8)3-5-7;3-2(4,5)1(6)7/h2-5H,1H3;(H,6,7). The van der Waals surface area contributed by atoms with Crippen molar-refractivity contribution in [2.45, 2.75) is 6.18 Å². The molecule has 1 aromatic rings. The van der Waals surface area contributed by atoms with E-state index in [1.807, 2.05) is 24.3 Å². The van der Waals surface area contributed by atoms with Crippen molar-refractivity contribution >= 4 is 28.6 Å². The van der Waals surface area contributed by atoms with Crippen molar-refractivity contribution < 1.29 is 27.8 Å². The van der Waals surface area contributed by atoms with Gasteiger partial charge in [0, 0.05) is 3.57 Å². The number of carbonyl (C=O) groups is 1. The van der Waals surface area contributed by atoms with Crippen LogP contribution in [0.2, 0.25) is 0 Å². The van der Waals surface area contributed by atoms with Crippen molar-refractivity contribution in [2.75, 3.05) is 7.11 Å². The normalized spacial score (nSPS) is 10.1. The Bertz CT molecular complexity index is 335. The molecule has 1 N–H and O–H groups in total. The summed E-state index contributed by atoms with van der Waals surface area (Å²) < 4.78 is 37.9. The number of carboxylic acid groups (broad SMARTS) is 1. The molecule has 90 valence electrons. The van der Waals surface area contributed by atoms with Crippen molar-refractivity contribution in [1.29, 1.82) is 0 Å². The van der Waals surface area contributed by atoms with Crippen LogP contribution in [0.15, 0.2) is 24.3 Å². The molecule has 0 spiro atoms. The molecule has 0 aliphatic rings. The van der Waals surface area contributed by atoms with Gasteiger partial charge in [0.2, 0.25) is 0 Å². The summed E-state index contributed by atoms with van der Waals surface area (Å²) in [7, 11) is 1.67. The molecule has 1 aromatic carbocycles. The van der Waals surface area contributed by atoms with Crippen molar-refractivity contribution in [3.8, 4) is 5.75 Å². The number of ether oxygens (including phenoxy) is 1. The molecule has 0 radical (unpaired) electrons. The summed E-state index contributed by atoms with van der Waals surface area (Å²) in [6.07, 6.45) is -5.08. The Labute approximate surface area is 103 Å². The number of halogens is 4. The van der Waals surface area contributed by atoms with Gasteiger partial charge in [0.1, 0.15) is 5.75 Å². The van der Waals surface area contributed by atoms with E-state index in [1.165, 1.54) is 3.57 Å². The molecule has 0 bridgehead atoms. The SMILES string of the molecule is COc1ccc(I)cc1.O=C(O)C(F)(F)F. The molecule has 0 heterocycles. The average molecular weight is 348 g/mol. The van der Waals surface area contributed by atoms with Gasteiger partial charge in [-0.1, -0.05) is 0 Å². The minimum absolute atomic E-state index is 0.912. The van der Waals surface area contributed by atoms with Crippen LogP contribution >= 0.6 is 22.6 Å². The Morgan fingerprint density at radius 1 is 1.31 bits per heavy atom. The highest BCUT2D eigenvalue weighted by Crippen LogP contribution is 2.13. The predicted octanol–water partition coefficient (Wildman–Crippen LogP) is 2.93. The minimum Gasteiger partial charge on any atom is -0.497 e. The minimum atomic E-state index is -5.08. The first kappa shape index (κ1) is 15.0. The monoisotopic (exact) mass is 348 g/mol. The molecule has 0 aromatic heterocycles. The van der Waals surface area contributed by atoms with Crippen molar-refractivity contribution in [1.82, 2.24) is 0 Å². The van der Waals surface area contributed by atoms with Gasteiger partial charge in [0.05, 0.1) is 7.11 Å². The first-order valence-electron chi connectivity index (χ1n) is 3.87. The van der Waals surface area contributed by atoms with E-state index in [1.54, 1.807) is 7.11 Å². The van der Waals surface area contributed by atoms with Gasteiger partial charge in [-0.15, -0.1) is 0 Å². The molecule has 0 saturated carbocycles. The highest BCUT2D eigenvalue weighted by atomic mass is 127. The first-order valence-corrected chi connectivity index (χ1v) is 4.95. The maximum absolute atomic E-state index is 10.6. The molecule has 0 fully saturated rings. The van der Waals surface area contributed by atoms with Crippen molar-refractivity contribution in [2.24, 2.45) is 0 Å². The molecule has 16 heavy (non-hydrogen) atoms. The Kier molecular flexibility index (Phi) is 6.16. The average Bonchev–Trinajstić information content (AvgIpc) is 2.18. The Balaban J connectivity index is 0.000000293. The molecular weight excluding hydrogens is 340 g/mol. The number of hydrogen-bond acceptors (Lipinski definition) is 2. The van der Waals surface area contributed by atoms with Crippen LogP contribution in [0.4, 0.5) is 13.2 Å². The summed E-state index contributed by atoms with van der Waals surface area (Å²) in [6, 6.07) is 7.92. The lowest BCUT2D eigenvalue weighted by Gasteiger charge is -1.96. The molecule has 0 aliphatic heterocycles. The molecule has 1 rings (SSSR count). The lowest BCUT2D eigenvalue weighted by Crippen LogP contribution is -2.21. The quantitative estimate of drug-likeness (QED) is 0.794. The number of benzene rings is 1. The van der Waals surface area contributed by atoms with E-state index in [2.05, 4.69) is 22.6 Å². The van der Waals surface area contributed by atoms with Gasteiger partial charge in [0.15, 0.2) is 0 Å². The van der Waals surface area contributed by atoms with Gasteiger partial charge >= 0.3 is 12.1 Å². The second-order valence-electron chi connectivity index (χ2n) is 2.46. The molecule has 7 heteroatoms. The number of hydrogen-bond donors (Lipinski definition) is 1. The largest absolute Gasteiger partial charge is 0.497 e. The van der Waals surface area contributed by atoms with E-state index in [0.717, 1.165) is 5.75 Å². The third-order valence-corrected chi connectivity index (χ3v) is 2.01. The zero-order chi connectivity index (χ0) is 12.8. The van der Waals surface area contributed by atoms with Crippen LogP contribution in [0.1, 0.15) is 0 Å². The van der Waals surface area contributed by atoms with Crippen LogP contribution in [0, 0.1) is 3.57 Å². The number of rotatable bonds is 1.